The van der Waals surface area contributed by atoms with E-state index in [1.54, 1.807) is 24.3 Å². The molecule has 0 radical (unpaired) electrons. The van der Waals surface area contributed by atoms with E-state index in [4.69, 9.17) is 10.4 Å². The topological polar surface area (TPSA) is 61.1 Å². The lowest BCUT2D eigenvalue weighted by Gasteiger charge is -1.92. The lowest BCUT2D eigenvalue weighted by Crippen LogP contribution is -1.97. The van der Waals surface area contributed by atoms with Gasteiger partial charge in [0, 0.05) is 11.6 Å². The van der Waals surface area contributed by atoms with E-state index >= 15 is 0 Å². The molecule has 0 heterocycles. The van der Waals surface area contributed by atoms with Gasteiger partial charge < -0.3 is 5.11 Å². The molecule has 0 aromatic heterocycles. The maximum atomic E-state index is 9.99. The fraction of sp³-hybridized carbons (Fsp3) is 0.143. The molecule has 0 aliphatic rings. The van der Waals surface area contributed by atoms with Gasteiger partial charge in [0.15, 0.2) is 0 Å². The van der Waals surface area contributed by atoms with Crippen LogP contribution in [0.4, 0.5) is 0 Å². The number of carbonyl (C=O) groups is 1. The largest absolute Gasteiger partial charge is 0.478 e. The molecule has 126 valence electrons. The van der Waals surface area contributed by atoms with Gasteiger partial charge in [-0.3, -0.25) is 0 Å². The van der Waals surface area contributed by atoms with Crippen molar-refractivity contribution in [1.82, 2.24) is 0 Å². The zero-order chi connectivity index (χ0) is 18.6. The fourth-order valence-electron chi connectivity index (χ4n) is 1.24. The molecule has 0 fully saturated rings. The van der Waals surface area contributed by atoms with Crippen LogP contribution in [0.2, 0.25) is 0 Å². The first-order valence-electron chi connectivity index (χ1n) is 7.45. The lowest BCUT2D eigenvalue weighted by atomic mass is 10.2. The second-order valence-electron chi connectivity index (χ2n) is 4.38. The van der Waals surface area contributed by atoms with E-state index in [0.29, 0.717) is 12.0 Å². The standard InChI is InChI=1S/C8H8.C7H7N.C6H10O2/c1-2-8-6-4-3-5-7-8;1-2-3-4-5-6-7-8;1-3-4-5(2)6(7)8/h2-7H,1H2;2-6H,1H2;2-4H2,1H3,(H,7,8). The Morgan fingerprint density at radius 1 is 1.21 bits per heavy atom. The number of hydrogen-bond acceptors (Lipinski definition) is 2. The Morgan fingerprint density at radius 2 is 1.83 bits per heavy atom. The van der Waals surface area contributed by atoms with Gasteiger partial charge in [0.25, 0.3) is 0 Å². The number of carboxylic acid groups (broad SMARTS) is 1. The van der Waals surface area contributed by atoms with Crippen LogP contribution in [-0.4, -0.2) is 11.1 Å². The third-order valence-corrected chi connectivity index (χ3v) is 2.42. The quantitative estimate of drug-likeness (QED) is 0.423. The summed E-state index contributed by atoms with van der Waals surface area (Å²) in [6.07, 6.45) is 11.5. The minimum absolute atomic E-state index is 0.299. The first-order valence-corrected chi connectivity index (χ1v) is 7.45. The summed E-state index contributed by atoms with van der Waals surface area (Å²) >= 11 is 0. The summed E-state index contributed by atoms with van der Waals surface area (Å²) in [7, 11) is 0. The average Bonchev–Trinajstić information content (AvgIpc) is 2.61. The summed E-state index contributed by atoms with van der Waals surface area (Å²) in [5.41, 5.74) is 1.47. The summed E-state index contributed by atoms with van der Waals surface area (Å²) in [5.74, 6) is -0.883. The molecule has 0 spiro atoms. The highest BCUT2D eigenvalue weighted by molar-refractivity contribution is 5.85. The molecule has 0 aliphatic heterocycles. The number of aliphatic carboxylic acids is 1. The van der Waals surface area contributed by atoms with Crippen LogP contribution in [0.25, 0.3) is 6.08 Å². The van der Waals surface area contributed by atoms with E-state index < -0.39 is 5.97 Å². The van der Waals surface area contributed by atoms with E-state index in [1.165, 1.54) is 11.6 Å². The maximum absolute atomic E-state index is 9.99. The van der Waals surface area contributed by atoms with Crippen LogP contribution in [0.1, 0.15) is 25.3 Å². The van der Waals surface area contributed by atoms with Crippen LogP contribution in [0.5, 0.6) is 0 Å². The van der Waals surface area contributed by atoms with Gasteiger partial charge in [0.05, 0.1) is 6.07 Å². The van der Waals surface area contributed by atoms with Gasteiger partial charge in [-0.15, -0.1) is 0 Å². The van der Waals surface area contributed by atoms with Crippen LogP contribution in [0.3, 0.4) is 0 Å². The van der Waals surface area contributed by atoms with Crippen molar-refractivity contribution < 1.29 is 9.90 Å². The Morgan fingerprint density at radius 3 is 2.17 bits per heavy atom. The zero-order valence-electron chi connectivity index (χ0n) is 14.2. The molecule has 1 N–H and O–H groups in total. The van der Waals surface area contributed by atoms with E-state index in [2.05, 4.69) is 19.7 Å². The second-order valence-corrected chi connectivity index (χ2v) is 4.38. The summed E-state index contributed by atoms with van der Waals surface area (Å²) in [4.78, 5) is 9.99. The Hall–Kier alpha value is -3.12. The molecule has 24 heavy (non-hydrogen) atoms. The number of carboxylic acids is 1. The van der Waals surface area contributed by atoms with Crippen LogP contribution >= 0.6 is 0 Å². The van der Waals surface area contributed by atoms with Crippen molar-refractivity contribution in [3.8, 4) is 6.07 Å². The van der Waals surface area contributed by atoms with Gasteiger partial charge in [0.2, 0.25) is 0 Å². The van der Waals surface area contributed by atoms with Crippen molar-refractivity contribution in [2.24, 2.45) is 0 Å². The molecular weight excluding hydrogens is 298 g/mol. The number of benzene rings is 1. The summed E-state index contributed by atoms with van der Waals surface area (Å²) < 4.78 is 0. The molecule has 0 unspecified atom stereocenters. The molecule has 0 bridgehead atoms. The first kappa shape index (κ1) is 23.2. The normalized spacial score (nSPS) is 9.00. The third-order valence-electron chi connectivity index (χ3n) is 2.42. The van der Waals surface area contributed by atoms with Gasteiger partial charge in [0.1, 0.15) is 0 Å². The van der Waals surface area contributed by atoms with Crippen molar-refractivity contribution in [2.45, 2.75) is 19.8 Å². The number of allylic oxidation sites excluding steroid dienone is 5. The monoisotopic (exact) mass is 323 g/mol. The van der Waals surface area contributed by atoms with E-state index in [-0.39, 0.29) is 0 Å². The van der Waals surface area contributed by atoms with E-state index in [9.17, 15) is 4.79 Å². The number of hydrogen-bond donors (Lipinski definition) is 1. The predicted molar refractivity (Wildman–Crippen MR) is 102 cm³/mol. The highest BCUT2D eigenvalue weighted by atomic mass is 16.4. The molecule has 1 aromatic carbocycles. The van der Waals surface area contributed by atoms with Crippen LogP contribution in [0, 0.1) is 11.3 Å². The predicted octanol–water partition coefficient (Wildman–Crippen LogP) is 5.57. The van der Waals surface area contributed by atoms with E-state index in [1.807, 2.05) is 49.4 Å². The Bertz CT molecular complexity index is 590. The molecule has 1 aromatic rings. The second kappa shape index (κ2) is 17.9. The third kappa shape index (κ3) is 16.9. The summed E-state index contributed by atoms with van der Waals surface area (Å²) in [6, 6.07) is 11.9. The van der Waals surface area contributed by atoms with Gasteiger partial charge in [-0.05, 0) is 12.0 Å². The highest BCUT2D eigenvalue weighted by Crippen LogP contribution is 1.99. The molecular formula is C21H25NO2. The van der Waals surface area contributed by atoms with Gasteiger partial charge in [-0.1, -0.05) is 93.8 Å². The van der Waals surface area contributed by atoms with Crippen molar-refractivity contribution in [1.29, 1.82) is 5.26 Å². The molecule has 3 heteroatoms. The average molecular weight is 323 g/mol. The Kier molecular flexibility index (Phi) is 17.3. The van der Waals surface area contributed by atoms with Crippen LogP contribution < -0.4 is 0 Å². The van der Waals surface area contributed by atoms with Crippen LogP contribution in [0.15, 0.2) is 86.0 Å². The molecule has 0 aliphatic carbocycles. The number of nitrogens with zero attached hydrogens (tertiary/aromatic N) is 1. The molecule has 3 nitrogen and oxygen atoms in total. The van der Waals surface area contributed by atoms with Crippen molar-refractivity contribution in [3.05, 3.63) is 91.6 Å². The number of nitriles is 1. The van der Waals surface area contributed by atoms with Gasteiger partial charge in [-0.25, -0.2) is 4.79 Å². The molecule has 1 rings (SSSR count). The van der Waals surface area contributed by atoms with E-state index in [0.717, 1.165) is 6.42 Å². The summed E-state index contributed by atoms with van der Waals surface area (Å²) in [5, 5.41) is 16.2. The minimum atomic E-state index is -0.883. The molecule has 0 amide bonds. The molecule has 0 atom stereocenters. The fourth-order valence-corrected chi connectivity index (χ4v) is 1.24. The van der Waals surface area contributed by atoms with Crippen LogP contribution in [-0.2, 0) is 4.79 Å². The zero-order valence-corrected chi connectivity index (χ0v) is 14.2. The smallest absolute Gasteiger partial charge is 0.330 e. The maximum Gasteiger partial charge on any atom is 0.330 e. The molecule has 0 saturated heterocycles. The van der Waals surface area contributed by atoms with Gasteiger partial charge >= 0.3 is 5.97 Å². The first-order chi connectivity index (χ1) is 11.5. The van der Waals surface area contributed by atoms with Crippen molar-refractivity contribution >= 4 is 12.0 Å². The Balaban J connectivity index is 0. The number of rotatable bonds is 6. The Labute approximate surface area is 145 Å². The van der Waals surface area contributed by atoms with Crippen molar-refractivity contribution in [2.75, 3.05) is 0 Å². The summed E-state index contributed by atoms with van der Waals surface area (Å²) in [6.45, 7) is 12.4. The van der Waals surface area contributed by atoms with Crippen molar-refractivity contribution in [3.63, 3.8) is 0 Å². The SMILES string of the molecule is C=C(CCC)C(=O)O.C=CC=CC=CC#N.C=Cc1ccccc1. The highest BCUT2D eigenvalue weighted by Gasteiger charge is 1.99. The lowest BCUT2D eigenvalue weighted by molar-refractivity contribution is -0.132. The van der Waals surface area contributed by atoms with Gasteiger partial charge in [-0.2, -0.15) is 5.26 Å². The molecule has 0 saturated carbocycles. The minimum Gasteiger partial charge on any atom is -0.478 e.